The van der Waals surface area contributed by atoms with E-state index in [0.717, 1.165) is 16.8 Å². The van der Waals surface area contributed by atoms with Crippen LogP contribution in [0.4, 0.5) is 4.79 Å². The Labute approximate surface area is 304 Å². The van der Waals surface area contributed by atoms with Crippen LogP contribution in [0.3, 0.4) is 0 Å². The van der Waals surface area contributed by atoms with Crippen LogP contribution in [0.25, 0.3) is 20.8 Å². The Morgan fingerprint density at radius 3 is 2.06 bits per heavy atom. The molecule has 0 saturated carbocycles. The Kier molecular flexibility index (Phi) is 13.6. The minimum atomic E-state index is -0.350. The van der Waals surface area contributed by atoms with Crippen molar-refractivity contribution in [3.63, 3.8) is 0 Å². The van der Waals surface area contributed by atoms with Crippen LogP contribution in [0.15, 0.2) is 137 Å². The molecule has 0 spiro atoms. The molecule has 2 aliphatic rings. The first kappa shape index (κ1) is 37.4. The summed E-state index contributed by atoms with van der Waals surface area (Å²) in [5.41, 5.74) is 5.13. The van der Waals surface area contributed by atoms with Crippen molar-refractivity contribution in [2.45, 2.75) is 19.8 Å². The standard InChI is InChI=1S/C42H34N8O2/c1-4-52-42(51)50-25-23-49(24-26-50)40-33(17-11-19-35(27-43)38(37(29-45)30-46)31-13-7-5-8-14-31)21-22-34(40)18-12-20-36(28-44)39(41(47-2)48-3)32-15-9-6-10-16-32/h5-20,45H,4,21-26H2,1H3/b18-12+,19-11+,33-17?,36-20+,38-35-. The molecule has 10 nitrogen and oxygen atoms in total. The molecule has 1 amide bonds. The maximum absolute atomic E-state index is 12.4. The van der Waals surface area contributed by atoms with Gasteiger partial charge in [0, 0.05) is 37.4 Å². The third-order valence-corrected chi connectivity index (χ3v) is 8.34. The molecule has 1 heterocycles. The number of hydrogen-bond donors (Lipinski definition) is 1. The molecule has 1 aliphatic carbocycles. The van der Waals surface area contributed by atoms with E-state index in [1.807, 2.05) is 30.4 Å². The van der Waals surface area contributed by atoms with Gasteiger partial charge in [-0.2, -0.15) is 25.5 Å². The van der Waals surface area contributed by atoms with E-state index in [4.69, 9.17) is 23.3 Å². The van der Waals surface area contributed by atoms with Crippen molar-refractivity contribution in [1.29, 1.82) is 21.2 Å². The molecule has 2 aromatic rings. The first-order chi connectivity index (χ1) is 25.4. The number of benzene rings is 2. The van der Waals surface area contributed by atoms with E-state index in [2.05, 4.69) is 32.6 Å². The molecule has 1 saturated heterocycles. The van der Waals surface area contributed by atoms with Crippen molar-refractivity contribution < 1.29 is 9.53 Å². The lowest BCUT2D eigenvalue weighted by atomic mass is 9.94. The highest BCUT2D eigenvalue weighted by Crippen LogP contribution is 2.36. The van der Waals surface area contributed by atoms with Crippen LogP contribution in [0.1, 0.15) is 30.9 Å². The zero-order valence-corrected chi connectivity index (χ0v) is 28.6. The average molecular weight is 683 g/mol. The fourth-order valence-corrected chi connectivity index (χ4v) is 5.98. The Balaban J connectivity index is 1.77. The minimum Gasteiger partial charge on any atom is -0.450 e. The summed E-state index contributed by atoms with van der Waals surface area (Å²) in [7, 11) is 0. The Bertz CT molecular complexity index is 2150. The maximum atomic E-state index is 12.4. The number of hydrogen-bond acceptors (Lipinski definition) is 7. The molecule has 10 heteroatoms. The Hall–Kier alpha value is -7.41. The number of rotatable bonds is 10. The molecule has 254 valence electrons. The number of amides is 1. The van der Waals surface area contributed by atoms with Crippen LogP contribution in [-0.4, -0.2) is 54.5 Å². The van der Waals surface area contributed by atoms with Gasteiger partial charge in [0.25, 0.3) is 0 Å². The van der Waals surface area contributed by atoms with Crippen LogP contribution >= 0.6 is 0 Å². The van der Waals surface area contributed by atoms with Crippen LogP contribution in [0.2, 0.25) is 0 Å². The van der Waals surface area contributed by atoms with Gasteiger partial charge in [-0.25, -0.2) is 4.79 Å². The van der Waals surface area contributed by atoms with Crippen LogP contribution < -0.4 is 0 Å². The van der Waals surface area contributed by atoms with Crippen molar-refractivity contribution in [2.24, 2.45) is 0 Å². The molecule has 1 aliphatic heterocycles. The van der Waals surface area contributed by atoms with Gasteiger partial charge in [-0.15, -0.1) is 0 Å². The summed E-state index contributed by atoms with van der Waals surface area (Å²) in [6.07, 6.45) is 11.6. The van der Waals surface area contributed by atoms with E-state index in [9.17, 15) is 20.6 Å². The van der Waals surface area contributed by atoms with E-state index < -0.39 is 0 Å². The molecule has 1 fully saturated rings. The number of nitrogens with one attached hydrogen (secondary N) is 1. The van der Waals surface area contributed by atoms with Crippen LogP contribution in [0, 0.1) is 52.5 Å². The normalized spacial score (nSPS) is 15.5. The Morgan fingerprint density at radius 2 is 1.52 bits per heavy atom. The summed E-state index contributed by atoms with van der Waals surface area (Å²) in [6, 6.07) is 24.2. The highest BCUT2D eigenvalue weighted by Gasteiger charge is 2.28. The second kappa shape index (κ2) is 19.0. The number of carbonyl (C=O) groups is 1. The van der Waals surface area contributed by atoms with E-state index in [-0.39, 0.29) is 34.2 Å². The zero-order valence-electron chi connectivity index (χ0n) is 28.6. The van der Waals surface area contributed by atoms with Crippen molar-refractivity contribution in [1.82, 2.24) is 9.80 Å². The third kappa shape index (κ3) is 8.98. The maximum Gasteiger partial charge on any atom is 0.528 e. The summed E-state index contributed by atoms with van der Waals surface area (Å²) in [4.78, 5) is 23.1. The van der Waals surface area contributed by atoms with Gasteiger partial charge in [-0.05, 0) is 60.1 Å². The van der Waals surface area contributed by atoms with Gasteiger partial charge >= 0.3 is 11.9 Å². The highest BCUT2D eigenvalue weighted by atomic mass is 16.6. The summed E-state index contributed by atoms with van der Waals surface area (Å²) >= 11 is 0. The minimum absolute atomic E-state index is 0.0524. The van der Waals surface area contributed by atoms with Crippen molar-refractivity contribution in [3.8, 4) is 18.2 Å². The van der Waals surface area contributed by atoms with E-state index in [1.165, 1.54) is 0 Å². The van der Waals surface area contributed by atoms with E-state index in [0.29, 0.717) is 62.3 Å². The van der Waals surface area contributed by atoms with Gasteiger partial charge in [0.2, 0.25) is 0 Å². The third-order valence-electron chi connectivity index (χ3n) is 8.34. The second-order valence-corrected chi connectivity index (χ2v) is 11.3. The van der Waals surface area contributed by atoms with Gasteiger partial charge in [0.1, 0.15) is 24.8 Å². The molecule has 2 aromatic carbocycles. The fourth-order valence-electron chi connectivity index (χ4n) is 5.98. The first-order valence-corrected chi connectivity index (χ1v) is 16.4. The first-order valence-electron chi connectivity index (χ1n) is 16.4. The Morgan fingerprint density at radius 1 is 0.885 bits per heavy atom. The molecule has 0 aromatic heterocycles. The lowest BCUT2D eigenvalue weighted by Crippen LogP contribution is -2.48. The molecular weight excluding hydrogens is 649 g/mol. The van der Waals surface area contributed by atoms with Crippen LogP contribution in [0.5, 0.6) is 0 Å². The molecule has 0 unspecified atom stereocenters. The average Bonchev–Trinajstić information content (AvgIpc) is 3.59. The lowest BCUT2D eigenvalue weighted by Gasteiger charge is -2.37. The zero-order chi connectivity index (χ0) is 37.3. The molecule has 0 atom stereocenters. The quantitative estimate of drug-likeness (QED) is 0.116. The lowest BCUT2D eigenvalue weighted by molar-refractivity contribution is 0.0873. The summed E-state index contributed by atoms with van der Waals surface area (Å²) in [6.45, 7) is 19.2. The molecule has 0 radical (unpaired) electrons. The highest BCUT2D eigenvalue weighted by molar-refractivity contribution is 5.95. The molecule has 52 heavy (non-hydrogen) atoms. The van der Waals surface area contributed by atoms with Gasteiger partial charge in [-0.3, -0.25) is 5.41 Å². The number of nitriles is 3. The van der Waals surface area contributed by atoms with Gasteiger partial charge in [-0.1, -0.05) is 85.0 Å². The smallest absolute Gasteiger partial charge is 0.450 e. The second-order valence-electron chi connectivity index (χ2n) is 11.3. The van der Waals surface area contributed by atoms with E-state index >= 15 is 0 Å². The number of ether oxygens (including phenoxy) is 1. The fraction of sp³-hybridized carbons (Fsp3) is 0.190. The molecule has 1 N–H and O–H groups in total. The largest absolute Gasteiger partial charge is 0.528 e. The number of carbonyl (C=O) groups excluding carboxylic acids is 1. The number of piperazine rings is 1. The SMILES string of the molecule is [C-]#[N+]C([N+]#[C-])=C(/C(C#N)=C/C=C/C1=C(N2CCN(C(=O)OCC)CC2)C(=C/C=C/C(C#N)=C(/C(=C=N)C#N)c2ccccc2)CC1)c1ccccc1. The number of allylic oxidation sites excluding steroid dienone is 13. The van der Waals surface area contributed by atoms with Gasteiger partial charge in [0.05, 0.1) is 35.5 Å². The van der Waals surface area contributed by atoms with Gasteiger partial charge in [0.15, 0.2) is 0 Å². The van der Waals surface area contributed by atoms with Crippen molar-refractivity contribution in [3.05, 3.63) is 170 Å². The summed E-state index contributed by atoms with van der Waals surface area (Å²) in [5.74, 6) is 1.97. The predicted molar refractivity (Wildman–Crippen MR) is 199 cm³/mol. The van der Waals surface area contributed by atoms with Crippen molar-refractivity contribution >= 4 is 23.1 Å². The van der Waals surface area contributed by atoms with Crippen LogP contribution in [-0.2, 0) is 4.74 Å². The molecule has 4 rings (SSSR count). The van der Waals surface area contributed by atoms with Crippen molar-refractivity contribution in [2.75, 3.05) is 32.8 Å². The monoisotopic (exact) mass is 682 g/mol. The van der Waals surface area contributed by atoms with E-state index in [1.54, 1.807) is 84.7 Å². The predicted octanol–water partition coefficient (Wildman–Crippen LogP) is 8.18. The summed E-state index contributed by atoms with van der Waals surface area (Å²) in [5, 5.41) is 37.6. The summed E-state index contributed by atoms with van der Waals surface area (Å²) < 4.78 is 5.21. The molecular formula is C42H34N8O2. The van der Waals surface area contributed by atoms with Gasteiger partial charge < -0.3 is 14.5 Å². The topological polar surface area (TPSA) is 137 Å². The number of nitrogens with zero attached hydrogens (tertiary/aromatic N) is 7. The molecule has 0 bridgehead atoms.